The largest absolute Gasteiger partial charge is 0.369 e. The summed E-state index contributed by atoms with van der Waals surface area (Å²) in [5.41, 5.74) is 3.97. The molecule has 0 aliphatic carbocycles. The Morgan fingerprint density at radius 3 is 2.41 bits per heavy atom. The van der Waals surface area contributed by atoms with Crippen LogP contribution in [0.1, 0.15) is 18.9 Å². The molecule has 2 heterocycles. The number of piperazine rings is 1. The summed E-state index contributed by atoms with van der Waals surface area (Å²) >= 11 is 0. The lowest BCUT2D eigenvalue weighted by molar-refractivity contribution is -0.125. The molecule has 2 aliphatic heterocycles. The molecule has 0 bridgehead atoms. The number of carbonyl (C=O) groups excluding carboxylic acids is 2. The van der Waals surface area contributed by atoms with E-state index in [1.807, 2.05) is 55.5 Å². The maximum atomic E-state index is 12.8. The average molecular weight is 393 g/mol. The fourth-order valence-electron chi connectivity index (χ4n) is 4.19. The molecule has 152 valence electrons. The first-order valence-electron chi connectivity index (χ1n) is 10.2. The van der Waals surface area contributed by atoms with E-state index in [0.29, 0.717) is 0 Å². The molecule has 1 atom stereocenters. The quantitative estimate of drug-likeness (QED) is 0.813. The molecule has 2 amide bonds. The minimum atomic E-state index is -0.279. The molecule has 29 heavy (non-hydrogen) atoms. The molecule has 2 aliphatic rings. The number of likely N-dealkylation sites (N-methyl/N-ethyl adjacent to an activating group) is 1. The highest BCUT2D eigenvalue weighted by atomic mass is 16.2. The summed E-state index contributed by atoms with van der Waals surface area (Å²) in [5, 5.41) is 2.86. The molecular formula is C23H28N4O2. The van der Waals surface area contributed by atoms with Gasteiger partial charge < -0.3 is 20.0 Å². The first kappa shape index (κ1) is 19.5. The highest BCUT2D eigenvalue weighted by Gasteiger charge is 2.31. The minimum absolute atomic E-state index is 0.0792. The zero-order valence-electron chi connectivity index (χ0n) is 17.1. The van der Waals surface area contributed by atoms with Crippen LogP contribution in [0.25, 0.3) is 0 Å². The number of hydrogen-bond acceptors (Lipinski definition) is 4. The van der Waals surface area contributed by atoms with Gasteiger partial charge in [0.25, 0.3) is 0 Å². The molecule has 1 saturated heterocycles. The highest BCUT2D eigenvalue weighted by molar-refractivity contribution is 6.10. The third kappa shape index (κ3) is 4.27. The van der Waals surface area contributed by atoms with E-state index in [9.17, 15) is 9.59 Å². The Labute approximate surface area is 172 Å². The van der Waals surface area contributed by atoms with Crippen molar-refractivity contribution in [1.29, 1.82) is 0 Å². The van der Waals surface area contributed by atoms with Gasteiger partial charge in [-0.15, -0.1) is 0 Å². The number of nitrogens with zero attached hydrogens (tertiary/aromatic N) is 3. The number of nitrogens with one attached hydrogen (secondary N) is 1. The third-order valence-corrected chi connectivity index (χ3v) is 5.81. The van der Waals surface area contributed by atoms with Gasteiger partial charge in [0.15, 0.2) is 0 Å². The van der Waals surface area contributed by atoms with Gasteiger partial charge in [-0.25, -0.2) is 0 Å². The van der Waals surface area contributed by atoms with Gasteiger partial charge in [-0.05, 0) is 56.3 Å². The Kier molecular flexibility index (Phi) is 5.53. The fourth-order valence-corrected chi connectivity index (χ4v) is 4.19. The van der Waals surface area contributed by atoms with Crippen molar-refractivity contribution in [3.8, 4) is 0 Å². The molecule has 0 radical (unpaired) electrons. The second kappa shape index (κ2) is 8.25. The van der Waals surface area contributed by atoms with Crippen molar-refractivity contribution >= 4 is 28.9 Å². The molecule has 0 aromatic heterocycles. The number of rotatable bonds is 4. The number of carbonyl (C=O) groups is 2. The lowest BCUT2D eigenvalue weighted by atomic mass is 10.1. The number of hydrogen-bond donors (Lipinski definition) is 1. The number of amides is 2. The van der Waals surface area contributed by atoms with E-state index in [1.54, 1.807) is 4.90 Å². The molecule has 1 N–H and O–H groups in total. The van der Waals surface area contributed by atoms with Crippen molar-refractivity contribution in [2.45, 2.75) is 25.8 Å². The number of benzene rings is 2. The summed E-state index contributed by atoms with van der Waals surface area (Å²) in [5.74, 6) is -0.437. The van der Waals surface area contributed by atoms with Crippen molar-refractivity contribution in [2.75, 3.05) is 48.3 Å². The van der Waals surface area contributed by atoms with E-state index < -0.39 is 0 Å². The van der Waals surface area contributed by atoms with Gasteiger partial charge in [0.2, 0.25) is 11.8 Å². The van der Waals surface area contributed by atoms with Crippen LogP contribution in [0, 0.1) is 0 Å². The van der Waals surface area contributed by atoms with Crippen LogP contribution in [0.3, 0.4) is 0 Å². The lowest BCUT2D eigenvalue weighted by Gasteiger charge is -2.34. The molecule has 0 saturated carbocycles. The number of fused-ring (bicyclic) bond motifs is 1. The highest BCUT2D eigenvalue weighted by Crippen LogP contribution is 2.32. The van der Waals surface area contributed by atoms with Crippen LogP contribution in [0.2, 0.25) is 0 Å². The molecule has 1 unspecified atom stereocenters. The maximum Gasteiger partial charge on any atom is 0.236 e. The molecule has 1 fully saturated rings. The van der Waals surface area contributed by atoms with Crippen molar-refractivity contribution in [3.05, 3.63) is 54.1 Å². The van der Waals surface area contributed by atoms with Crippen LogP contribution in [0.5, 0.6) is 0 Å². The first-order chi connectivity index (χ1) is 14.0. The van der Waals surface area contributed by atoms with Crippen LogP contribution in [-0.2, 0) is 16.0 Å². The van der Waals surface area contributed by atoms with Gasteiger partial charge in [0.05, 0.1) is 0 Å². The van der Waals surface area contributed by atoms with E-state index in [-0.39, 0.29) is 24.3 Å². The smallest absolute Gasteiger partial charge is 0.236 e. The zero-order valence-corrected chi connectivity index (χ0v) is 17.1. The Morgan fingerprint density at radius 1 is 1.00 bits per heavy atom. The summed E-state index contributed by atoms with van der Waals surface area (Å²) in [7, 11) is 2.14. The minimum Gasteiger partial charge on any atom is -0.369 e. The number of anilines is 3. The summed E-state index contributed by atoms with van der Waals surface area (Å²) in [4.78, 5) is 31.6. The normalized spacial score (nSPS) is 19.2. The summed E-state index contributed by atoms with van der Waals surface area (Å²) in [6.45, 7) is 6.14. The summed E-state index contributed by atoms with van der Waals surface area (Å²) in [6.07, 6.45) is 0.677. The standard InChI is InChI=1S/C23H28N4O2/c1-17-15-18-5-3-4-6-21(18)27(17)23(29)16-22(28)24-19-7-9-20(10-8-19)26-13-11-25(2)12-14-26/h3-10,17H,11-16H2,1-2H3,(H,24,28). The van der Waals surface area contributed by atoms with E-state index in [4.69, 9.17) is 0 Å². The molecule has 2 aromatic carbocycles. The lowest BCUT2D eigenvalue weighted by Crippen LogP contribution is -2.44. The molecular weight excluding hydrogens is 364 g/mol. The Morgan fingerprint density at radius 2 is 1.69 bits per heavy atom. The Bertz CT molecular complexity index is 888. The van der Waals surface area contributed by atoms with E-state index in [2.05, 4.69) is 22.2 Å². The molecule has 2 aromatic rings. The van der Waals surface area contributed by atoms with Crippen molar-refractivity contribution in [1.82, 2.24) is 4.90 Å². The van der Waals surface area contributed by atoms with Crippen LogP contribution >= 0.6 is 0 Å². The Balaban J connectivity index is 1.34. The van der Waals surface area contributed by atoms with Gasteiger partial charge in [-0.1, -0.05) is 18.2 Å². The maximum absolute atomic E-state index is 12.8. The summed E-state index contributed by atoms with van der Waals surface area (Å²) < 4.78 is 0. The van der Waals surface area contributed by atoms with Gasteiger partial charge in [-0.3, -0.25) is 9.59 Å². The summed E-state index contributed by atoms with van der Waals surface area (Å²) in [6, 6.07) is 15.9. The second-order valence-corrected chi connectivity index (χ2v) is 8.01. The average Bonchev–Trinajstić information content (AvgIpc) is 3.05. The predicted octanol–water partition coefficient (Wildman–Crippen LogP) is 2.74. The van der Waals surface area contributed by atoms with Crippen molar-refractivity contribution in [3.63, 3.8) is 0 Å². The van der Waals surface area contributed by atoms with Gasteiger partial charge in [-0.2, -0.15) is 0 Å². The first-order valence-corrected chi connectivity index (χ1v) is 10.2. The second-order valence-electron chi connectivity index (χ2n) is 8.01. The Hall–Kier alpha value is -2.86. The predicted molar refractivity (Wildman–Crippen MR) is 116 cm³/mol. The van der Waals surface area contributed by atoms with Gasteiger partial charge in [0.1, 0.15) is 6.42 Å². The van der Waals surface area contributed by atoms with Crippen LogP contribution in [-0.4, -0.2) is 56.0 Å². The van der Waals surface area contributed by atoms with Crippen LogP contribution < -0.4 is 15.1 Å². The molecule has 6 heteroatoms. The van der Waals surface area contributed by atoms with E-state index in [1.165, 1.54) is 0 Å². The topological polar surface area (TPSA) is 55.9 Å². The van der Waals surface area contributed by atoms with Gasteiger partial charge >= 0.3 is 0 Å². The zero-order chi connectivity index (χ0) is 20.4. The number of para-hydroxylation sites is 1. The van der Waals surface area contributed by atoms with Gasteiger partial charge in [0, 0.05) is 49.3 Å². The van der Waals surface area contributed by atoms with Crippen molar-refractivity contribution < 1.29 is 9.59 Å². The van der Waals surface area contributed by atoms with E-state index in [0.717, 1.165) is 55.2 Å². The van der Waals surface area contributed by atoms with E-state index >= 15 is 0 Å². The van der Waals surface area contributed by atoms with Crippen LogP contribution in [0.15, 0.2) is 48.5 Å². The van der Waals surface area contributed by atoms with Crippen molar-refractivity contribution in [2.24, 2.45) is 0 Å². The van der Waals surface area contributed by atoms with Crippen LogP contribution in [0.4, 0.5) is 17.1 Å². The monoisotopic (exact) mass is 392 g/mol. The fraction of sp³-hybridized carbons (Fsp3) is 0.391. The SMILES string of the molecule is CC1Cc2ccccc2N1C(=O)CC(=O)Nc1ccc(N2CCN(C)CC2)cc1. The molecule has 6 nitrogen and oxygen atoms in total. The third-order valence-electron chi connectivity index (χ3n) is 5.81. The molecule has 4 rings (SSSR count). The molecule has 0 spiro atoms.